The lowest BCUT2D eigenvalue weighted by molar-refractivity contribution is -0.119. The summed E-state index contributed by atoms with van der Waals surface area (Å²) in [6.45, 7) is 4.08. The number of amides is 1. The van der Waals surface area contributed by atoms with E-state index in [9.17, 15) is 4.79 Å². The van der Waals surface area contributed by atoms with Gasteiger partial charge < -0.3 is 5.32 Å². The summed E-state index contributed by atoms with van der Waals surface area (Å²) in [4.78, 5) is 10.5. The first-order valence-electron chi connectivity index (χ1n) is 2.91. The van der Waals surface area contributed by atoms with Gasteiger partial charge in [-0.3, -0.25) is 4.79 Å². The Hall–Kier alpha value is -0.530. The maximum absolute atomic E-state index is 10.5. The quantitative estimate of drug-likeness (QED) is 0.491. The molecule has 2 heteroatoms. The molecule has 1 fully saturated rings. The van der Waals surface area contributed by atoms with Crippen LogP contribution in [0.2, 0.25) is 0 Å². The second kappa shape index (κ2) is 1.47. The molecule has 1 aliphatic rings. The van der Waals surface area contributed by atoms with Crippen molar-refractivity contribution in [3.8, 4) is 0 Å². The van der Waals surface area contributed by atoms with Crippen LogP contribution in [-0.2, 0) is 4.79 Å². The standard InChI is InChI=1S/C6H11NO/c1-6(2)4-3-5(8)7-6/h3-4H2,1-2H3,(H,7,8). The van der Waals surface area contributed by atoms with Crippen LogP contribution >= 0.6 is 0 Å². The van der Waals surface area contributed by atoms with Gasteiger partial charge in [-0.15, -0.1) is 0 Å². The molecule has 0 unspecified atom stereocenters. The van der Waals surface area contributed by atoms with Crippen molar-refractivity contribution in [2.75, 3.05) is 0 Å². The molecule has 0 radical (unpaired) electrons. The highest BCUT2D eigenvalue weighted by Gasteiger charge is 2.27. The van der Waals surface area contributed by atoms with Gasteiger partial charge in [-0.25, -0.2) is 0 Å². The molecular formula is C6H11NO. The predicted molar refractivity (Wildman–Crippen MR) is 31.5 cm³/mol. The highest BCUT2D eigenvalue weighted by molar-refractivity contribution is 5.79. The Balaban J connectivity index is 2.56. The highest BCUT2D eigenvalue weighted by atomic mass is 16.2. The zero-order valence-corrected chi connectivity index (χ0v) is 5.32. The van der Waals surface area contributed by atoms with E-state index < -0.39 is 0 Å². The molecule has 1 aliphatic heterocycles. The van der Waals surface area contributed by atoms with Gasteiger partial charge >= 0.3 is 0 Å². The van der Waals surface area contributed by atoms with Crippen LogP contribution in [0.1, 0.15) is 26.7 Å². The summed E-state index contributed by atoms with van der Waals surface area (Å²) < 4.78 is 0. The number of carbonyl (C=O) groups excluding carboxylic acids is 1. The molecule has 0 spiro atoms. The summed E-state index contributed by atoms with van der Waals surface area (Å²) in [7, 11) is 0. The maximum atomic E-state index is 10.5. The van der Waals surface area contributed by atoms with Crippen molar-refractivity contribution in [2.24, 2.45) is 0 Å². The monoisotopic (exact) mass is 113 g/mol. The van der Waals surface area contributed by atoms with Crippen molar-refractivity contribution >= 4 is 5.91 Å². The Bertz CT molecular complexity index is 118. The second-order valence-electron chi connectivity index (χ2n) is 2.93. The van der Waals surface area contributed by atoms with Gasteiger partial charge in [0.15, 0.2) is 0 Å². The number of nitrogens with one attached hydrogen (secondary N) is 1. The smallest absolute Gasteiger partial charge is 0.220 e. The molecular weight excluding hydrogens is 102 g/mol. The largest absolute Gasteiger partial charge is 0.351 e. The van der Waals surface area contributed by atoms with Gasteiger partial charge in [0.1, 0.15) is 0 Å². The van der Waals surface area contributed by atoms with Gasteiger partial charge in [0.05, 0.1) is 0 Å². The molecule has 0 bridgehead atoms. The van der Waals surface area contributed by atoms with Gasteiger partial charge in [0.25, 0.3) is 0 Å². The van der Waals surface area contributed by atoms with E-state index in [1.54, 1.807) is 0 Å². The zero-order chi connectivity index (χ0) is 6.20. The minimum atomic E-state index is 0.0666. The van der Waals surface area contributed by atoms with Crippen LogP contribution in [0, 0.1) is 0 Å². The van der Waals surface area contributed by atoms with Crippen LogP contribution in [0.25, 0.3) is 0 Å². The van der Waals surface area contributed by atoms with E-state index in [2.05, 4.69) is 5.32 Å². The van der Waals surface area contributed by atoms with Crippen molar-refractivity contribution in [1.82, 2.24) is 5.32 Å². The van der Waals surface area contributed by atoms with Crippen molar-refractivity contribution in [3.63, 3.8) is 0 Å². The van der Waals surface area contributed by atoms with Crippen molar-refractivity contribution in [2.45, 2.75) is 32.2 Å². The molecule has 0 aliphatic carbocycles. The molecule has 0 aromatic heterocycles. The topological polar surface area (TPSA) is 29.1 Å². The van der Waals surface area contributed by atoms with Gasteiger partial charge in [-0.1, -0.05) is 0 Å². The molecule has 1 N–H and O–H groups in total. The number of hydrogen-bond acceptors (Lipinski definition) is 1. The summed E-state index contributed by atoms with van der Waals surface area (Å²) in [5.74, 6) is 0.190. The van der Waals surface area contributed by atoms with Gasteiger partial charge in [-0.05, 0) is 20.3 Å². The normalized spacial score (nSPS) is 25.5. The fraction of sp³-hybridized carbons (Fsp3) is 0.833. The SMILES string of the molecule is CC1(C)CCC(=O)N1. The highest BCUT2D eigenvalue weighted by Crippen LogP contribution is 2.17. The minimum Gasteiger partial charge on any atom is -0.351 e. The van der Waals surface area contributed by atoms with Crippen LogP contribution in [0.5, 0.6) is 0 Å². The molecule has 1 rings (SSSR count). The molecule has 0 aromatic rings. The molecule has 2 nitrogen and oxygen atoms in total. The lowest BCUT2D eigenvalue weighted by Gasteiger charge is -2.15. The molecule has 1 amide bonds. The average molecular weight is 113 g/mol. The lowest BCUT2D eigenvalue weighted by Crippen LogP contribution is -2.34. The summed E-state index contributed by atoms with van der Waals surface area (Å²) in [6.07, 6.45) is 1.68. The average Bonchev–Trinajstić information content (AvgIpc) is 1.82. The Labute approximate surface area is 49.3 Å². The van der Waals surface area contributed by atoms with Crippen LogP contribution in [0.3, 0.4) is 0 Å². The van der Waals surface area contributed by atoms with E-state index in [4.69, 9.17) is 0 Å². The van der Waals surface area contributed by atoms with Crippen LogP contribution in [0.4, 0.5) is 0 Å². The third-order valence-electron chi connectivity index (χ3n) is 1.45. The van der Waals surface area contributed by atoms with Gasteiger partial charge in [-0.2, -0.15) is 0 Å². The van der Waals surface area contributed by atoms with E-state index in [0.717, 1.165) is 6.42 Å². The van der Waals surface area contributed by atoms with E-state index in [-0.39, 0.29) is 11.4 Å². The Morgan fingerprint density at radius 2 is 2.25 bits per heavy atom. The number of carbonyl (C=O) groups is 1. The summed E-state index contributed by atoms with van der Waals surface area (Å²) in [6, 6.07) is 0. The second-order valence-corrected chi connectivity index (χ2v) is 2.93. The van der Waals surface area contributed by atoms with E-state index in [1.165, 1.54) is 0 Å². The molecule has 8 heavy (non-hydrogen) atoms. The van der Waals surface area contributed by atoms with Crippen molar-refractivity contribution < 1.29 is 4.79 Å². The predicted octanol–water partition coefficient (Wildman–Crippen LogP) is 0.675. The summed E-state index contributed by atoms with van der Waals surface area (Å²) >= 11 is 0. The molecule has 1 heterocycles. The fourth-order valence-corrected chi connectivity index (χ4v) is 0.928. The summed E-state index contributed by atoms with van der Waals surface area (Å²) in [5.41, 5.74) is 0.0666. The van der Waals surface area contributed by atoms with E-state index >= 15 is 0 Å². The fourth-order valence-electron chi connectivity index (χ4n) is 0.928. The van der Waals surface area contributed by atoms with Crippen LogP contribution < -0.4 is 5.32 Å². The lowest BCUT2D eigenvalue weighted by atomic mass is 10.0. The maximum Gasteiger partial charge on any atom is 0.220 e. The Morgan fingerprint density at radius 1 is 1.62 bits per heavy atom. The van der Waals surface area contributed by atoms with Crippen LogP contribution in [-0.4, -0.2) is 11.4 Å². The molecule has 0 atom stereocenters. The number of hydrogen-bond donors (Lipinski definition) is 1. The molecule has 1 saturated heterocycles. The Morgan fingerprint density at radius 3 is 2.38 bits per heavy atom. The summed E-state index contributed by atoms with van der Waals surface area (Å²) in [5, 5.41) is 2.85. The van der Waals surface area contributed by atoms with Gasteiger partial charge in [0.2, 0.25) is 5.91 Å². The number of rotatable bonds is 0. The first-order chi connectivity index (χ1) is 3.60. The third-order valence-corrected chi connectivity index (χ3v) is 1.45. The molecule has 0 saturated carbocycles. The molecule has 0 aromatic carbocycles. The van der Waals surface area contributed by atoms with Crippen molar-refractivity contribution in [3.05, 3.63) is 0 Å². The van der Waals surface area contributed by atoms with Crippen LogP contribution in [0.15, 0.2) is 0 Å². The van der Waals surface area contributed by atoms with E-state index in [1.807, 2.05) is 13.8 Å². The zero-order valence-electron chi connectivity index (χ0n) is 5.32. The molecule has 46 valence electrons. The van der Waals surface area contributed by atoms with E-state index in [0.29, 0.717) is 6.42 Å². The third kappa shape index (κ3) is 0.997. The first kappa shape index (κ1) is 5.60. The minimum absolute atomic E-state index is 0.0666. The van der Waals surface area contributed by atoms with Gasteiger partial charge in [0, 0.05) is 12.0 Å². The Kier molecular flexibility index (Phi) is 1.03. The first-order valence-corrected chi connectivity index (χ1v) is 2.91. The van der Waals surface area contributed by atoms with Crippen molar-refractivity contribution in [1.29, 1.82) is 0 Å².